The molecule has 0 saturated heterocycles. The van der Waals surface area contributed by atoms with Crippen molar-refractivity contribution in [2.75, 3.05) is 6.61 Å². The Morgan fingerprint density at radius 2 is 1.77 bits per heavy atom. The Hall–Kier alpha value is -2.37. The number of hydrogen-bond donors (Lipinski definition) is 2. The van der Waals surface area contributed by atoms with Crippen LogP contribution in [-0.2, 0) is 25.5 Å². The zero-order valence-electron chi connectivity index (χ0n) is 13.1. The number of esters is 1. The van der Waals surface area contributed by atoms with Gasteiger partial charge in [-0.15, -0.1) is 0 Å². The predicted molar refractivity (Wildman–Crippen MR) is 82.0 cm³/mol. The van der Waals surface area contributed by atoms with Crippen molar-refractivity contribution in [3.63, 3.8) is 0 Å². The molecule has 0 aromatic heterocycles. The Morgan fingerprint density at radius 1 is 1.14 bits per heavy atom. The monoisotopic (exact) mass is 306 g/mol. The lowest BCUT2D eigenvalue weighted by Crippen LogP contribution is -2.51. The Morgan fingerprint density at radius 3 is 2.32 bits per heavy atom. The van der Waals surface area contributed by atoms with E-state index in [1.165, 1.54) is 6.92 Å². The minimum absolute atomic E-state index is 0.237. The summed E-state index contributed by atoms with van der Waals surface area (Å²) in [5.74, 6) is -1.22. The van der Waals surface area contributed by atoms with E-state index < -0.39 is 24.0 Å². The Bertz CT molecular complexity index is 516. The van der Waals surface area contributed by atoms with Gasteiger partial charge in [-0.1, -0.05) is 30.3 Å². The second kappa shape index (κ2) is 8.81. The largest absolute Gasteiger partial charge is 0.464 e. The fraction of sp³-hybridized carbons (Fsp3) is 0.438. The maximum Gasteiger partial charge on any atom is 0.328 e. The van der Waals surface area contributed by atoms with Crippen molar-refractivity contribution in [2.45, 2.75) is 39.3 Å². The predicted octanol–water partition coefficient (Wildman–Crippen LogP) is 0.802. The van der Waals surface area contributed by atoms with Crippen molar-refractivity contribution in [3.05, 3.63) is 35.9 Å². The first-order valence-electron chi connectivity index (χ1n) is 7.22. The number of ether oxygens (including phenoxy) is 1. The van der Waals surface area contributed by atoms with Crippen LogP contribution in [0, 0.1) is 0 Å². The Labute approximate surface area is 130 Å². The van der Waals surface area contributed by atoms with Crippen molar-refractivity contribution in [1.82, 2.24) is 10.6 Å². The first-order valence-corrected chi connectivity index (χ1v) is 7.22. The van der Waals surface area contributed by atoms with E-state index in [2.05, 4.69) is 10.6 Å². The average Bonchev–Trinajstić information content (AvgIpc) is 2.47. The van der Waals surface area contributed by atoms with E-state index in [4.69, 9.17) is 4.74 Å². The van der Waals surface area contributed by atoms with Crippen LogP contribution in [0.15, 0.2) is 30.3 Å². The molecule has 0 saturated carbocycles. The summed E-state index contributed by atoms with van der Waals surface area (Å²) in [4.78, 5) is 35.0. The first kappa shape index (κ1) is 17.7. The van der Waals surface area contributed by atoms with Gasteiger partial charge in [0.1, 0.15) is 12.1 Å². The summed E-state index contributed by atoms with van der Waals surface area (Å²) in [5.41, 5.74) is 0.910. The van der Waals surface area contributed by atoms with Crippen LogP contribution in [0.2, 0.25) is 0 Å². The second-order valence-electron chi connectivity index (χ2n) is 4.93. The van der Waals surface area contributed by atoms with Crippen molar-refractivity contribution in [3.8, 4) is 0 Å². The third-order valence-electron chi connectivity index (χ3n) is 2.98. The molecule has 1 rings (SSSR count). The van der Waals surface area contributed by atoms with E-state index in [0.29, 0.717) is 6.42 Å². The molecule has 2 amide bonds. The molecule has 1 aromatic carbocycles. The van der Waals surface area contributed by atoms with Crippen LogP contribution in [0.3, 0.4) is 0 Å². The number of benzene rings is 1. The van der Waals surface area contributed by atoms with Gasteiger partial charge in [-0.3, -0.25) is 9.59 Å². The minimum Gasteiger partial charge on any atom is -0.464 e. The Balaban J connectivity index is 2.75. The zero-order chi connectivity index (χ0) is 16.5. The van der Waals surface area contributed by atoms with E-state index in [1.54, 1.807) is 13.8 Å². The van der Waals surface area contributed by atoms with Crippen LogP contribution in [-0.4, -0.2) is 36.5 Å². The van der Waals surface area contributed by atoms with Crippen LogP contribution in [0.4, 0.5) is 0 Å². The molecule has 0 aliphatic rings. The molecule has 0 spiro atoms. The van der Waals surface area contributed by atoms with Crippen molar-refractivity contribution in [2.24, 2.45) is 0 Å². The highest BCUT2D eigenvalue weighted by Gasteiger charge is 2.25. The molecule has 0 radical (unpaired) electrons. The number of nitrogens with one attached hydrogen (secondary N) is 2. The molecule has 2 atom stereocenters. The molecule has 22 heavy (non-hydrogen) atoms. The van der Waals surface area contributed by atoms with Crippen LogP contribution < -0.4 is 10.6 Å². The molecule has 0 aliphatic heterocycles. The summed E-state index contributed by atoms with van der Waals surface area (Å²) < 4.78 is 5.00. The lowest BCUT2D eigenvalue weighted by molar-refractivity contribution is -0.147. The molecule has 0 aliphatic carbocycles. The molecule has 0 fully saturated rings. The van der Waals surface area contributed by atoms with Gasteiger partial charge in [0, 0.05) is 13.3 Å². The van der Waals surface area contributed by atoms with Gasteiger partial charge in [0.05, 0.1) is 6.61 Å². The minimum atomic E-state index is -0.786. The molecule has 120 valence electrons. The molecule has 6 nitrogen and oxygen atoms in total. The number of carbonyl (C=O) groups excluding carboxylic acids is 3. The van der Waals surface area contributed by atoms with Gasteiger partial charge in [-0.2, -0.15) is 0 Å². The molecule has 0 unspecified atom stereocenters. The van der Waals surface area contributed by atoms with E-state index in [-0.39, 0.29) is 12.5 Å². The molecular formula is C16H22N2O4. The average molecular weight is 306 g/mol. The van der Waals surface area contributed by atoms with E-state index >= 15 is 0 Å². The molecule has 6 heteroatoms. The summed E-state index contributed by atoms with van der Waals surface area (Å²) in [6.45, 7) is 4.83. The summed E-state index contributed by atoms with van der Waals surface area (Å²) in [6.07, 6.45) is 0.332. The smallest absolute Gasteiger partial charge is 0.328 e. The maximum absolute atomic E-state index is 12.1. The number of rotatable bonds is 7. The third-order valence-corrected chi connectivity index (χ3v) is 2.98. The van der Waals surface area contributed by atoms with Crippen molar-refractivity contribution >= 4 is 17.8 Å². The summed E-state index contributed by atoms with van der Waals surface area (Å²) in [5, 5.41) is 5.11. The zero-order valence-corrected chi connectivity index (χ0v) is 13.1. The first-order chi connectivity index (χ1) is 10.4. The molecule has 1 aromatic rings. The number of carbonyl (C=O) groups is 3. The van der Waals surface area contributed by atoms with E-state index in [0.717, 1.165) is 5.56 Å². The summed E-state index contributed by atoms with van der Waals surface area (Å²) >= 11 is 0. The van der Waals surface area contributed by atoms with Crippen molar-refractivity contribution in [1.29, 1.82) is 0 Å². The lowest BCUT2D eigenvalue weighted by Gasteiger charge is -2.20. The maximum atomic E-state index is 12.1. The summed E-state index contributed by atoms with van der Waals surface area (Å²) in [7, 11) is 0. The van der Waals surface area contributed by atoms with Crippen LogP contribution >= 0.6 is 0 Å². The molecular weight excluding hydrogens is 284 g/mol. The second-order valence-corrected chi connectivity index (χ2v) is 4.93. The van der Waals surface area contributed by atoms with Crippen LogP contribution in [0.1, 0.15) is 26.3 Å². The quantitative estimate of drug-likeness (QED) is 0.730. The molecule has 0 heterocycles. The van der Waals surface area contributed by atoms with Crippen LogP contribution in [0.5, 0.6) is 0 Å². The Kier molecular flexibility index (Phi) is 7.08. The highest BCUT2D eigenvalue weighted by atomic mass is 16.5. The van der Waals surface area contributed by atoms with Gasteiger partial charge in [0.25, 0.3) is 0 Å². The van der Waals surface area contributed by atoms with E-state index in [1.807, 2.05) is 30.3 Å². The van der Waals surface area contributed by atoms with Gasteiger partial charge in [-0.25, -0.2) is 4.79 Å². The van der Waals surface area contributed by atoms with Gasteiger partial charge < -0.3 is 15.4 Å². The number of amides is 2. The van der Waals surface area contributed by atoms with E-state index in [9.17, 15) is 14.4 Å². The highest BCUT2D eigenvalue weighted by Crippen LogP contribution is 2.05. The standard InChI is InChI=1S/C16H22N2O4/c1-4-22-16(21)14(10-13-8-6-5-7-9-13)18-15(20)11(2)17-12(3)19/h5-9,11,14H,4,10H2,1-3H3,(H,17,19)(H,18,20)/t11-,14-/m0/s1. The van der Waals surface area contributed by atoms with Gasteiger partial charge in [-0.05, 0) is 19.4 Å². The highest BCUT2D eigenvalue weighted by molar-refractivity contribution is 5.90. The van der Waals surface area contributed by atoms with Gasteiger partial charge in [0.2, 0.25) is 11.8 Å². The number of hydrogen-bond acceptors (Lipinski definition) is 4. The third kappa shape index (κ3) is 5.95. The molecule has 2 N–H and O–H groups in total. The fourth-order valence-electron chi connectivity index (χ4n) is 1.95. The SMILES string of the molecule is CCOC(=O)[C@H](Cc1ccccc1)NC(=O)[C@H](C)NC(C)=O. The van der Waals surface area contributed by atoms with Gasteiger partial charge in [0.15, 0.2) is 0 Å². The fourth-order valence-corrected chi connectivity index (χ4v) is 1.95. The van der Waals surface area contributed by atoms with Crippen molar-refractivity contribution < 1.29 is 19.1 Å². The van der Waals surface area contributed by atoms with Gasteiger partial charge >= 0.3 is 5.97 Å². The lowest BCUT2D eigenvalue weighted by atomic mass is 10.1. The molecule has 0 bridgehead atoms. The normalized spacial score (nSPS) is 12.9. The summed E-state index contributed by atoms with van der Waals surface area (Å²) in [6, 6.07) is 7.83. The topological polar surface area (TPSA) is 84.5 Å². The van der Waals surface area contributed by atoms with Crippen LogP contribution in [0.25, 0.3) is 0 Å².